The summed E-state index contributed by atoms with van der Waals surface area (Å²) in [6.45, 7) is 0.429. The number of methoxy groups -OCH3 is 1. The summed E-state index contributed by atoms with van der Waals surface area (Å²) in [5.41, 5.74) is 1.37. The highest BCUT2D eigenvalue weighted by Gasteiger charge is 2.12. The van der Waals surface area contributed by atoms with Crippen LogP contribution in [0.1, 0.15) is 28.8 Å². The van der Waals surface area contributed by atoms with Gasteiger partial charge in [-0.15, -0.1) is 0 Å². The quantitative estimate of drug-likeness (QED) is 0.783. The van der Waals surface area contributed by atoms with E-state index in [-0.39, 0.29) is 12.8 Å². The first-order valence-corrected chi connectivity index (χ1v) is 7.76. The molecule has 130 valence electrons. The fraction of sp³-hybridized carbons (Fsp3) is 0.211. The molecule has 25 heavy (non-hydrogen) atoms. The third-order valence-electron chi connectivity index (χ3n) is 3.40. The standard InChI is InChI=1S/C19H19NO5/c1-24-18(22)12-11-17(21)20-19(23)15-7-9-16(10-8-15)25-13-14-5-3-2-4-6-14/h2-10H,11-13H2,1H3,(H,20,21,23). The number of imide groups is 1. The maximum Gasteiger partial charge on any atom is 0.306 e. The van der Waals surface area contributed by atoms with Crippen LogP contribution < -0.4 is 10.1 Å². The van der Waals surface area contributed by atoms with Gasteiger partial charge in [-0.3, -0.25) is 19.7 Å². The first-order chi connectivity index (χ1) is 12.1. The van der Waals surface area contributed by atoms with Gasteiger partial charge in [-0.1, -0.05) is 30.3 Å². The Morgan fingerprint density at radius 3 is 2.24 bits per heavy atom. The Morgan fingerprint density at radius 1 is 0.920 bits per heavy atom. The number of carbonyl (C=O) groups is 3. The summed E-state index contributed by atoms with van der Waals surface area (Å²) in [7, 11) is 1.24. The summed E-state index contributed by atoms with van der Waals surface area (Å²) >= 11 is 0. The Labute approximate surface area is 145 Å². The molecule has 0 bridgehead atoms. The number of carbonyl (C=O) groups excluding carboxylic acids is 3. The molecule has 0 spiro atoms. The van der Waals surface area contributed by atoms with E-state index in [0.29, 0.717) is 17.9 Å². The van der Waals surface area contributed by atoms with E-state index in [9.17, 15) is 14.4 Å². The van der Waals surface area contributed by atoms with Gasteiger partial charge in [-0.05, 0) is 29.8 Å². The molecule has 0 fully saturated rings. The summed E-state index contributed by atoms with van der Waals surface area (Å²) in [6.07, 6.45) is -0.168. The molecule has 0 atom stereocenters. The van der Waals surface area contributed by atoms with E-state index in [1.807, 2.05) is 30.3 Å². The maximum absolute atomic E-state index is 12.0. The molecule has 0 aromatic heterocycles. The number of ether oxygens (including phenoxy) is 2. The molecule has 1 N–H and O–H groups in total. The topological polar surface area (TPSA) is 81.7 Å². The molecule has 6 heteroatoms. The fourth-order valence-corrected chi connectivity index (χ4v) is 2.02. The van der Waals surface area contributed by atoms with E-state index >= 15 is 0 Å². The van der Waals surface area contributed by atoms with Gasteiger partial charge in [0.25, 0.3) is 5.91 Å². The van der Waals surface area contributed by atoms with Crippen LogP contribution in [0.3, 0.4) is 0 Å². The largest absolute Gasteiger partial charge is 0.489 e. The SMILES string of the molecule is COC(=O)CCC(=O)NC(=O)c1ccc(OCc2ccccc2)cc1. The van der Waals surface area contributed by atoms with Crippen molar-refractivity contribution < 1.29 is 23.9 Å². The van der Waals surface area contributed by atoms with Crippen molar-refractivity contribution in [1.82, 2.24) is 5.32 Å². The molecule has 0 saturated heterocycles. The van der Waals surface area contributed by atoms with Gasteiger partial charge >= 0.3 is 5.97 Å². The van der Waals surface area contributed by atoms with Crippen LogP contribution in [0.4, 0.5) is 0 Å². The Bertz CT molecular complexity index is 725. The Balaban J connectivity index is 1.83. The molecule has 2 rings (SSSR count). The smallest absolute Gasteiger partial charge is 0.306 e. The highest BCUT2D eigenvalue weighted by Crippen LogP contribution is 2.14. The van der Waals surface area contributed by atoms with Gasteiger partial charge in [0.15, 0.2) is 0 Å². The second-order valence-corrected chi connectivity index (χ2v) is 5.25. The van der Waals surface area contributed by atoms with Crippen LogP contribution in [0.5, 0.6) is 5.75 Å². The minimum absolute atomic E-state index is 0.0676. The van der Waals surface area contributed by atoms with Gasteiger partial charge in [0.2, 0.25) is 5.91 Å². The first kappa shape index (κ1) is 18.2. The zero-order valence-electron chi connectivity index (χ0n) is 13.9. The maximum atomic E-state index is 12.0. The van der Waals surface area contributed by atoms with Gasteiger partial charge < -0.3 is 9.47 Å². The third kappa shape index (κ3) is 6.10. The molecule has 0 heterocycles. The predicted molar refractivity (Wildman–Crippen MR) is 90.9 cm³/mol. The summed E-state index contributed by atoms with van der Waals surface area (Å²) in [4.78, 5) is 34.6. The lowest BCUT2D eigenvalue weighted by atomic mass is 10.2. The minimum Gasteiger partial charge on any atom is -0.489 e. The zero-order chi connectivity index (χ0) is 18.1. The molecule has 2 amide bonds. The highest BCUT2D eigenvalue weighted by molar-refractivity contribution is 6.05. The molecule has 0 aliphatic rings. The normalized spacial score (nSPS) is 9.96. The van der Waals surface area contributed by atoms with E-state index in [1.165, 1.54) is 7.11 Å². The number of hydrogen-bond acceptors (Lipinski definition) is 5. The zero-order valence-corrected chi connectivity index (χ0v) is 13.9. The number of rotatable bonds is 7. The number of amides is 2. The summed E-state index contributed by atoms with van der Waals surface area (Å²) in [6, 6.07) is 16.2. The van der Waals surface area contributed by atoms with Gasteiger partial charge in [0, 0.05) is 12.0 Å². The van der Waals surface area contributed by atoms with E-state index in [2.05, 4.69) is 10.1 Å². The van der Waals surface area contributed by atoms with Crippen molar-refractivity contribution in [3.05, 3.63) is 65.7 Å². The summed E-state index contributed by atoms with van der Waals surface area (Å²) in [5.74, 6) is -0.927. The minimum atomic E-state index is -0.528. The van der Waals surface area contributed by atoms with Gasteiger partial charge in [-0.2, -0.15) is 0 Å². The highest BCUT2D eigenvalue weighted by atomic mass is 16.5. The van der Waals surface area contributed by atoms with Crippen LogP contribution in [0.25, 0.3) is 0 Å². The molecule has 0 aliphatic carbocycles. The van der Waals surface area contributed by atoms with Crippen molar-refractivity contribution in [1.29, 1.82) is 0 Å². The molecule has 2 aromatic rings. The second kappa shape index (κ2) is 9.22. The molecule has 2 aromatic carbocycles. The fourth-order valence-electron chi connectivity index (χ4n) is 2.02. The van der Waals surface area contributed by atoms with Crippen LogP contribution in [-0.4, -0.2) is 24.9 Å². The van der Waals surface area contributed by atoms with Crippen LogP contribution in [0.15, 0.2) is 54.6 Å². The Kier molecular flexibility index (Phi) is 6.71. The van der Waals surface area contributed by atoms with Crippen LogP contribution >= 0.6 is 0 Å². The number of nitrogens with one attached hydrogen (secondary N) is 1. The number of esters is 1. The van der Waals surface area contributed by atoms with Crippen LogP contribution in [-0.2, 0) is 20.9 Å². The van der Waals surface area contributed by atoms with Crippen molar-refractivity contribution in [3.8, 4) is 5.75 Å². The molecule has 6 nitrogen and oxygen atoms in total. The lowest BCUT2D eigenvalue weighted by Gasteiger charge is -2.07. The molecular formula is C19H19NO5. The molecular weight excluding hydrogens is 322 g/mol. The van der Waals surface area contributed by atoms with Crippen molar-refractivity contribution in [2.75, 3.05) is 7.11 Å². The van der Waals surface area contributed by atoms with Crippen molar-refractivity contribution in [3.63, 3.8) is 0 Å². The summed E-state index contributed by atoms with van der Waals surface area (Å²) < 4.78 is 10.1. The predicted octanol–water partition coefficient (Wildman–Crippen LogP) is 2.48. The Hall–Kier alpha value is -3.15. The molecule has 0 aliphatic heterocycles. The van der Waals surface area contributed by atoms with Crippen molar-refractivity contribution in [2.24, 2.45) is 0 Å². The van der Waals surface area contributed by atoms with Gasteiger partial charge in [-0.25, -0.2) is 0 Å². The van der Waals surface area contributed by atoms with Crippen LogP contribution in [0.2, 0.25) is 0 Å². The molecule has 0 unspecified atom stereocenters. The first-order valence-electron chi connectivity index (χ1n) is 7.76. The van der Waals surface area contributed by atoms with Gasteiger partial charge in [0.05, 0.1) is 13.5 Å². The van der Waals surface area contributed by atoms with Gasteiger partial charge in [0.1, 0.15) is 12.4 Å². The van der Waals surface area contributed by atoms with Crippen LogP contribution in [0, 0.1) is 0 Å². The van der Waals surface area contributed by atoms with Crippen molar-refractivity contribution >= 4 is 17.8 Å². The number of hydrogen-bond donors (Lipinski definition) is 1. The second-order valence-electron chi connectivity index (χ2n) is 5.25. The average molecular weight is 341 g/mol. The lowest BCUT2D eigenvalue weighted by Crippen LogP contribution is -2.30. The van der Waals surface area contributed by atoms with E-state index in [4.69, 9.17) is 4.74 Å². The summed E-state index contributed by atoms with van der Waals surface area (Å²) in [5, 5.41) is 2.23. The van der Waals surface area contributed by atoms with E-state index in [1.54, 1.807) is 24.3 Å². The molecule has 0 saturated carbocycles. The number of benzene rings is 2. The third-order valence-corrected chi connectivity index (χ3v) is 3.40. The van der Waals surface area contributed by atoms with Crippen molar-refractivity contribution in [2.45, 2.75) is 19.4 Å². The van der Waals surface area contributed by atoms with E-state index in [0.717, 1.165) is 5.56 Å². The average Bonchev–Trinajstić information content (AvgIpc) is 2.65. The Morgan fingerprint density at radius 2 is 1.60 bits per heavy atom. The monoisotopic (exact) mass is 341 g/mol. The van der Waals surface area contributed by atoms with E-state index < -0.39 is 17.8 Å². The lowest BCUT2D eigenvalue weighted by molar-refractivity contribution is -0.142. The molecule has 0 radical (unpaired) electrons.